The fourth-order valence-electron chi connectivity index (χ4n) is 8.30. The van der Waals surface area contributed by atoms with Crippen molar-refractivity contribution in [2.45, 2.75) is 137 Å². The molecule has 0 fully saturated rings. The molecule has 10 heteroatoms. The van der Waals surface area contributed by atoms with Gasteiger partial charge in [-0.05, 0) is 94.8 Å². The number of carbonyl (C=O) groups is 3. The van der Waals surface area contributed by atoms with Crippen molar-refractivity contribution in [2.75, 3.05) is 40.0 Å². The van der Waals surface area contributed by atoms with Gasteiger partial charge in [0.15, 0.2) is 19.8 Å². The number of ether oxygens (including phenoxy) is 4. The lowest BCUT2D eigenvalue weighted by molar-refractivity contribution is -0.143. The molecule has 1 aliphatic heterocycles. The third kappa shape index (κ3) is 11.4. The minimum atomic E-state index is -0.518. The molecule has 344 valence electrons. The van der Waals surface area contributed by atoms with E-state index in [0.29, 0.717) is 62.4 Å². The van der Waals surface area contributed by atoms with Crippen molar-refractivity contribution in [1.82, 2.24) is 10.6 Å². The van der Waals surface area contributed by atoms with E-state index in [4.69, 9.17) is 18.9 Å². The standard InChI is InChI=1S/C54H70N2O8/c1-51(2,3)40-21-32-17-34-23-41(52(4,5)6)25-36-19-38-27-43(54(10,11)12)28-39(50(38)64-31-46(59)61-13)20-37-26-42(53(7,8)9)24-35(18-33(22-40)47(32)60)49(37)63-30-45(58)56-16-14-15-55-44(57)29-62-48(34)36/h21-28,60H,14-20,29-31H2,1-13H3,(H,55,57)(H,56,58). The van der Waals surface area contributed by atoms with Crippen molar-refractivity contribution >= 4 is 17.8 Å². The van der Waals surface area contributed by atoms with Crippen LogP contribution in [0.15, 0.2) is 48.5 Å². The SMILES string of the molecule is COC(=O)COc1c2cc(C(C)(C)C)cc1Cc1cc(C(C)(C)C)cc3c1OCC(=O)NCCCNC(=O)COc1c(cc(C(C)(C)C)cc1C2)Cc1cc(C(C)(C)C)cc(c1O)C3. The molecular formula is C54H70N2O8. The Labute approximate surface area is 380 Å². The summed E-state index contributed by atoms with van der Waals surface area (Å²) in [5, 5.41) is 18.4. The van der Waals surface area contributed by atoms with Crippen LogP contribution in [0.25, 0.3) is 0 Å². The third-order valence-electron chi connectivity index (χ3n) is 12.2. The van der Waals surface area contributed by atoms with E-state index in [-0.39, 0.29) is 59.0 Å². The molecule has 0 spiro atoms. The average Bonchev–Trinajstić information content (AvgIpc) is 3.18. The number of rotatable bonds is 3. The summed E-state index contributed by atoms with van der Waals surface area (Å²) in [7, 11) is 1.34. The smallest absolute Gasteiger partial charge is 0.343 e. The lowest BCUT2D eigenvalue weighted by atomic mass is 9.79. The molecule has 10 nitrogen and oxygen atoms in total. The van der Waals surface area contributed by atoms with Crippen LogP contribution in [0.5, 0.6) is 23.0 Å². The highest BCUT2D eigenvalue weighted by Gasteiger charge is 2.30. The highest BCUT2D eigenvalue weighted by atomic mass is 16.6. The summed E-state index contributed by atoms with van der Waals surface area (Å²) < 4.78 is 25.0. The van der Waals surface area contributed by atoms with Crippen molar-refractivity contribution in [1.29, 1.82) is 0 Å². The Morgan fingerprint density at radius 3 is 1.19 bits per heavy atom. The van der Waals surface area contributed by atoms with E-state index in [2.05, 4.69) is 142 Å². The van der Waals surface area contributed by atoms with Crippen LogP contribution >= 0.6 is 0 Å². The monoisotopic (exact) mass is 875 g/mol. The lowest BCUT2D eigenvalue weighted by Gasteiger charge is -2.29. The minimum absolute atomic E-state index is 0.172. The van der Waals surface area contributed by atoms with E-state index in [9.17, 15) is 19.5 Å². The van der Waals surface area contributed by atoms with Crippen molar-refractivity contribution < 1.29 is 38.4 Å². The Balaban J connectivity index is 1.80. The first-order valence-corrected chi connectivity index (χ1v) is 22.6. The molecule has 64 heavy (non-hydrogen) atoms. The van der Waals surface area contributed by atoms with Gasteiger partial charge in [-0.2, -0.15) is 0 Å². The number of phenols is 1. The predicted molar refractivity (Wildman–Crippen MR) is 253 cm³/mol. The number of benzene rings is 4. The maximum absolute atomic E-state index is 13.5. The van der Waals surface area contributed by atoms with Gasteiger partial charge in [0.2, 0.25) is 0 Å². The van der Waals surface area contributed by atoms with Gasteiger partial charge in [0.25, 0.3) is 11.8 Å². The van der Waals surface area contributed by atoms with Gasteiger partial charge in [-0.3, -0.25) is 9.59 Å². The van der Waals surface area contributed by atoms with Crippen molar-refractivity contribution in [3.8, 4) is 23.0 Å². The molecule has 1 heterocycles. The molecule has 6 rings (SSSR count). The fourth-order valence-corrected chi connectivity index (χ4v) is 8.30. The Bertz CT molecular complexity index is 2280. The number of hydrogen-bond donors (Lipinski definition) is 3. The van der Waals surface area contributed by atoms with Crippen LogP contribution in [-0.4, -0.2) is 62.9 Å². The quantitative estimate of drug-likeness (QED) is 0.153. The number of aromatic hydroxyl groups is 1. The van der Waals surface area contributed by atoms with Gasteiger partial charge in [0.05, 0.1) is 7.11 Å². The third-order valence-corrected chi connectivity index (χ3v) is 12.2. The first-order chi connectivity index (χ1) is 29.8. The molecule has 2 aliphatic rings. The van der Waals surface area contributed by atoms with Crippen LogP contribution in [0.1, 0.15) is 156 Å². The zero-order chi connectivity index (χ0) is 46.9. The van der Waals surface area contributed by atoms with Crippen LogP contribution in [0.4, 0.5) is 0 Å². The average molecular weight is 875 g/mol. The van der Waals surface area contributed by atoms with Gasteiger partial charge < -0.3 is 34.7 Å². The first-order valence-electron chi connectivity index (χ1n) is 22.6. The summed E-state index contributed by atoms with van der Waals surface area (Å²) in [5.74, 6) is 0.699. The van der Waals surface area contributed by atoms with E-state index in [1.165, 1.54) is 7.11 Å². The molecule has 4 aromatic carbocycles. The largest absolute Gasteiger partial charge is 0.507 e. The summed E-state index contributed by atoms with van der Waals surface area (Å²) in [4.78, 5) is 39.8. The van der Waals surface area contributed by atoms with Crippen molar-refractivity contribution in [3.05, 3.63) is 115 Å². The van der Waals surface area contributed by atoms with Crippen molar-refractivity contribution in [3.63, 3.8) is 0 Å². The summed E-state index contributed by atoms with van der Waals surface area (Å²) in [5.41, 5.74) is 9.55. The summed E-state index contributed by atoms with van der Waals surface area (Å²) in [6.07, 6.45) is 1.81. The molecule has 0 saturated heterocycles. The number of fused-ring (bicyclic) bond motifs is 2. The van der Waals surface area contributed by atoms with Gasteiger partial charge >= 0.3 is 5.97 Å². The maximum atomic E-state index is 13.5. The molecule has 2 amide bonds. The van der Waals surface area contributed by atoms with Crippen LogP contribution in [-0.2, 0) is 66.5 Å². The van der Waals surface area contributed by atoms with E-state index < -0.39 is 5.97 Å². The Morgan fingerprint density at radius 2 is 0.859 bits per heavy atom. The second-order valence-corrected chi connectivity index (χ2v) is 21.7. The number of amides is 2. The van der Waals surface area contributed by atoms with Gasteiger partial charge in [-0.15, -0.1) is 0 Å². The molecule has 3 N–H and O–H groups in total. The van der Waals surface area contributed by atoms with Crippen LogP contribution in [0, 0.1) is 0 Å². The summed E-state index contributed by atoms with van der Waals surface area (Å²) in [6, 6.07) is 17.1. The van der Waals surface area contributed by atoms with Crippen molar-refractivity contribution in [2.24, 2.45) is 0 Å². The van der Waals surface area contributed by atoms with Crippen LogP contribution in [0.2, 0.25) is 0 Å². The second kappa shape index (κ2) is 18.5. The molecule has 0 radical (unpaired) electrons. The van der Waals surface area contributed by atoms with E-state index in [1.54, 1.807) is 0 Å². The first kappa shape index (κ1) is 48.0. The van der Waals surface area contributed by atoms with Gasteiger partial charge in [0.1, 0.15) is 23.0 Å². The number of esters is 1. The zero-order valence-corrected chi connectivity index (χ0v) is 40.5. The molecule has 0 saturated carbocycles. The summed E-state index contributed by atoms with van der Waals surface area (Å²) >= 11 is 0. The predicted octanol–water partition coefficient (Wildman–Crippen LogP) is 9.20. The number of carbonyl (C=O) groups excluding carboxylic acids is 3. The Kier molecular flexibility index (Phi) is 13.9. The molecule has 4 aromatic rings. The van der Waals surface area contributed by atoms with Crippen LogP contribution < -0.4 is 24.8 Å². The summed E-state index contributed by atoms with van der Waals surface area (Å²) in [6.45, 7) is 25.9. The van der Waals surface area contributed by atoms with Gasteiger partial charge in [-0.25, -0.2) is 4.79 Å². The number of hydrogen-bond acceptors (Lipinski definition) is 8. The highest BCUT2D eigenvalue weighted by molar-refractivity contribution is 5.78. The zero-order valence-electron chi connectivity index (χ0n) is 40.5. The van der Waals surface area contributed by atoms with Gasteiger partial charge in [-0.1, -0.05) is 132 Å². The molecule has 10 bridgehead atoms. The Morgan fingerprint density at radius 1 is 0.547 bits per heavy atom. The molecule has 0 atom stereocenters. The second-order valence-electron chi connectivity index (χ2n) is 21.7. The normalized spacial score (nSPS) is 15.5. The van der Waals surface area contributed by atoms with E-state index in [0.717, 1.165) is 66.8 Å². The van der Waals surface area contributed by atoms with E-state index in [1.807, 2.05) is 0 Å². The van der Waals surface area contributed by atoms with Gasteiger partial charge in [0, 0.05) is 38.8 Å². The van der Waals surface area contributed by atoms with E-state index >= 15 is 0 Å². The number of methoxy groups -OCH3 is 1. The molecule has 0 unspecified atom stereocenters. The molecule has 1 aliphatic carbocycles. The highest BCUT2D eigenvalue weighted by Crippen LogP contribution is 2.44. The minimum Gasteiger partial charge on any atom is -0.507 e. The lowest BCUT2D eigenvalue weighted by Crippen LogP contribution is -2.34. The molecule has 0 aromatic heterocycles. The topological polar surface area (TPSA) is 132 Å². The Hall–Kier alpha value is -5.51. The maximum Gasteiger partial charge on any atom is 0.343 e. The number of nitrogens with one attached hydrogen (secondary N) is 2. The van der Waals surface area contributed by atoms with Crippen LogP contribution in [0.3, 0.4) is 0 Å². The molecular weight excluding hydrogens is 805 g/mol. The fraction of sp³-hybridized carbons (Fsp3) is 0.500. The number of phenolic OH excluding ortho intramolecular Hbond substituents is 1.